The highest BCUT2D eigenvalue weighted by Crippen LogP contribution is 2.47. The fourth-order valence-electron chi connectivity index (χ4n) is 3.43. The van der Waals surface area contributed by atoms with Crippen molar-refractivity contribution in [2.45, 2.75) is 45.6 Å². The summed E-state index contributed by atoms with van der Waals surface area (Å²) in [6.07, 6.45) is 1.99. The van der Waals surface area contributed by atoms with Crippen molar-refractivity contribution in [1.82, 2.24) is 15.0 Å². The van der Waals surface area contributed by atoms with E-state index in [0.717, 1.165) is 11.5 Å². The molecule has 0 bridgehead atoms. The molecule has 146 valence electrons. The van der Waals surface area contributed by atoms with Gasteiger partial charge < -0.3 is 4.42 Å². The lowest BCUT2D eigenvalue weighted by Crippen LogP contribution is -2.34. The number of aromatic nitrogens is 2. The average Bonchev–Trinajstić information content (AvgIpc) is 3.24. The first-order valence-corrected chi connectivity index (χ1v) is 9.70. The molecule has 28 heavy (non-hydrogen) atoms. The van der Waals surface area contributed by atoms with Gasteiger partial charge in [-0.3, -0.25) is 25.0 Å². The molecule has 4 rings (SSSR count). The lowest BCUT2D eigenvalue weighted by molar-refractivity contribution is -0.120. The summed E-state index contributed by atoms with van der Waals surface area (Å²) in [6, 6.07) is 11.1. The molecule has 2 heterocycles. The largest absolute Gasteiger partial charge is 0.466 e. The van der Waals surface area contributed by atoms with Gasteiger partial charge in [0.15, 0.2) is 0 Å². The molecule has 0 radical (unpaired) electrons. The molecule has 1 fully saturated rings. The Morgan fingerprint density at radius 1 is 1.29 bits per heavy atom. The Bertz CT molecular complexity index is 1070. The van der Waals surface area contributed by atoms with Crippen LogP contribution in [0.25, 0.3) is 10.9 Å². The lowest BCUT2D eigenvalue weighted by atomic mass is 10.2. The normalized spacial score (nSPS) is 18.2. The Morgan fingerprint density at radius 3 is 2.82 bits per heavy atom. The number of carbonyl (C=O) groups is 1. The maximum absolute atomic E-state index is 12.6. The fourth-order valence-corrected chi connectivity index (χ4v) is 3.43. The summed E-state index contributed by atoms with van der Waals surface area (Å²) < 4.78 is 7.33. The molecule has 7 heteroatoms. The van der Waals surface area contributed by atoms with Gasteiger partial charge in [-0.25, -0.2) is 4.98 Å². The third-order valence-corrected chi connectivity index (χ3v) is 5.25. The van der Waals surface area contributed by atoms with Crippen molar-refractivity contribution in [2.75, 3.05) is 5.43 Å². The second-order valence-corrected chi connectivity index (χ2v) is 7.30. The van der Waals surface area contributed by atoms with Crippen molar-refractivity contribution in [3.8, 4) is 0 Å². The van der Waals surface area contributed by atoms with Crippen molar-refractivity contribution in [3.63, 3.8) is 0 Å². The molecule has 2 N–H and O–H groups in total. The van der Waals surface area contributed by atoms with Gasteiger partial charge >= 0.3 is 0 Å². The van der Waals surface area contributed by atoms with Crippen molar-refractivity contribution in [1.29, 1.82) is 0 Å². The number of hydrazine groups is 1. The summed E-state index contributed by atoms with van der Waals surface area (Å²) in [5, 5.41) is 0.555. The number of para-hydroxylation sites is 1. The second kappa shape index (κ2) is 7.50. The van der Waals surface area contributed by atoms with Gasteiger partial charge in [0.25, 0.3) is 5.56 Å². The first-order chi connectivity index (χ1) is 13.6. The molecule has 2 unspecified atom stereocenters. The van der Waals surface area contributed by atoms with Crippen molar-refractivity contribution in [2.24, 2.45) is 5.92 Å². The zero-order chi connectivity index (χ0) is 19.7. The number of carbonyl (C=O) groups excluding carboxylic acids is 1. The molecular formula is C21H24N4O3. The SMILES string of the molecule is CCn1c(NNC(=O)CCc2ccc(C3CC3C)o2)nc2ccccc2c1=O. The molecule has 7 nitrogen and oxygen atoms in total. The summed E-state index contributed by atoms with van der Waals surface area (Å²) >= 11 is 0. The third-order valence-electron chi connectivity index (χ3n) is 5.25. The van der Waals surface area contributed by atoms with Crippen LogP contribution < -0.4 is 16.4 Å². The first-order valence-electron chi connectivity index (χ1n) is 9.70. The maximum atomic E-state index is 12.6. The van der Waals surface area contributed by atoms with E-state index in [1.54, 1.807) is 12.1 Å². The van der Waals surface area contributed by atoms with Crippen LogP contribution in [0.15, 0.2) is 45.6 Å². The Balaban J connectivity index is 1.38. The number of fused-ring (bicyclic) bond motifs is 1. The van der Waals surface area contributed by atoms with Gasteiger partial charge in [0, 0.05) is 25.3 Å². The Labute approximate surface area is 162 Å². The topological polar surface area (TPSA) is 89.2 Å². The summed E-state index contributed by atoms with van der Waals surface area (Å²) in [4.78, 5) is 29.2. The van der Waals surface area contributed by atoms with Crippen LogP contribution in [0.2, 0.25) is 0 Å². The highest BCUT2D eigenvalue weighted by Gasteiger charge is 2.36. The molecule has 1 aliphatic rings. The number of furan rings is 1. The van der Waals surface area contributed by atoms with Crippen molar-refractivity contribution < 1.29 is 9.21 Å². The summed E-state index contributed by atoms with van der Waals surface area (Å²) in [6.45, 7) is 4.52. The maximum Gasteiger partial charge on any atom is 0.262 e. The molecule has 0 spiro atoms. The van der Waals surface area contributed by atoms with E-state index in [1.807, 2.05) is 31.2 Å². The van der Waals surface area contributed by atoms with Gasteiger partial charge in [-0.1, -0.05) is 19.1 Å². The quantitative estimate of drug-likeness (QED) is 0.615. The molecule has 2 atom stereocenters. The number of hydrogen-bond acceptors (Lipinski definition) is 5. The van der Waals surface area contributed by atoms with Gasteiger partial charge in [0.2, 0.25) is 11.9 Å². The van der Waals surface area contributed by atoms with E-state index in [1.165, 1.54) is 11.0 Å². The monoisotopic (exact) mass is 380 g/mol. The van der Waals surface area contributed by atoms with Crippen LogP contribution in [-0.2, 0) is 17.8 Å². The number of anilines is 1. The van der Waals surface area contributed by atoms with Crippen LogP contribution in [0.1, 0.15) is 44.1 Å². The third kappa shape index (κ3) is 3.65. The zero-order valence-corrected chi connectivity index (χ0v) is 16.1. The number of rotatable bonds is 7. The first kappa shape index (κ1) is 18.3. The summed E-state index contributed by atoms with van der Waals surface area (Å²) in [5.74, 6) is 3.20. The van der Waals surface area contributed by atoms with E-state index >= 15 is 0 Å². The standard InChI is InChI=1S/C21H24N4O3/c1-3-25-20(27)15-6-4-5-7-17(15)22-21(25)24-23-19(26)11-9-14-8-10-18(28-14)16-12-13(16)2/h4-8,10,13,16H,3,9,11-12H2,1-2H3,(H,22,24)(H,23,26). The Hall–Kier alpha value is -3.09. The van der Waals surface area contributed by atoms with Gasteiger partial charge in [-0.05, 0) is 43.5 Å². The number of benzene rings is 1. The molecule has 0 saturated heterocycles. The Morgan fingerprint density at radius 2 is 2.07 bits per heavy atom. The smallest absolute Gasteiger partial charge is 0.262 e. The zero-order valence-electron chi connectivity index (χ0n) is 16.1. The molecule has 1 amide bonds. The van der Waals surface area contributed by atoms with E-state index in [4.69, 9.17) is 4.42 Å². The summed E-state index contributed by atoms with van der Waals surface area (Å²) in [7, 11) is 0. The van der Waals surface area contributed by atoms with Crippen LogP contribution >= 0.6 is 0 Å². The van der Waals surface area contributed by atoms with Gasteiger partial charge in [-0.15, -0.1) is 0 Å². The van der Waals surface area contributed by atoms with Crippen LogP contribution in [0, 0.1) is 5.92 Å². The minimum Gasteiger partial charge on any atom is -0.466 e. The highest BCUT2D eigenvalue weighted by atomic mass is 16.3. The van der Waals surface area contributed by atoms with E-state index in [2.05, 4.69) is 22.8 Å². The predicted molar refractivity (Wildman–Crippen MR) is 107 cm³/mol. The van der Waals surface area contributed by atoms with E-state index in [9.17, 15) is 9.59 Å². The highest BCUT2D eigenvalue weighted by molar-refractivity contribution is 5.80. The lowest BCUT2D eigenvalue weighted by Gasteiger charge is -2.13. The van der Waals surface area contributed by atoms with Gasteiger partial charge in [-0.2, -0.15) is 0 Å². The van der Waals surface area contributed by atoms with Gasteiger partial charge in [0.1, 0.15) is 11.5 Å². The van der Waals surface area contributed by atoms with Gasteiger partial charge in [0.05, 0.1) is 10.9 Å². The van der Waals surface area contributed by atoms with Crippen LogP contribution in [0.3, 0.4) is 0 Å². The minimum absolute atomic E-state index is 0.137. The predicted octanol–water partition coefficient (Wildman–Crippen LogP) is 3.21. The van der Waals surface area contributed by atoms with E-state index in [0.29, 0.717) is 41.7 Å². The Kier molecular flexibility index (Phi) is 4.90. The molecule has 0 aliphatic heterocycles. The van der Waals surface area contributed by atoms with Crippen molar-refractivity contribution >= 4 is 22.8 Å². The second-order valence-electron chi connectivity index (χ2n) is 7.30. The average molecular weight is 380 g/mol. The number of amides is 1. The van der Waals surface area contributed by atoms with E-state index in [-0.39, 0.29) is 17.9 Å². The number of hydrogen-bond donors (Lipinski definition) is 2. The molecule has 2 aromatic heterocycles. The number of nitrogens with one attached hydrogen (secondary N) is 2. The molecule has 1 aromatic carbocycles. The number of nitrogens with zero attached hydrogens (tertiary/aromatic N) is 2. The number of aryl methyl sites for hydroxylation is 1. The minimum atomic E-state index is -0.192. The molecule has 3 aromatic rings. The van der Waals surface area contributed by atoms with Crippen LogP contribution in [0.4, 0.5) is 5.95 Å². The molecule has 1 aliphatic carbocycles. The fraction of sp³-hybridized carbons (Fsp3) is 0.381. The molecule has 1 saturated carbocycles. The van der Waals surface area contributed by atoms with Crippen molar-refractivity contribution in [3.05, 3.63) is 58.3 Å². The van der Waals surface area contributed by atoms with Crippen LogP contribution in [0.5, 0.6) is 0 Å². The molecular weight excluding hydrogens is 356 g/mol. The summed E-state index contributed by atoms with van der Waals surface area (Å²) in [5.41, 5.74) is 5.88. The van der Waals surface area contributed by atoms with Crippen LogP contribution in [-0.4, -0.2) is 15.5 Å². The van der Waals surface area contributed by atoms with E-state index < -0.39 is 0 Å².